The van der Waals surface area contributed by atoms with E-state index in [1.54, 1.807) is 6.20 Å². The number of hydrogen-bond donors (Lipinski definition) is 0. The molecule has 4 heteroatoms. The Morgan fingerprint density at radius 1 is 1.50 bits per heavy atom. The number of hydrogen-bond acceptors (Lipinski definition) is 3. The van der Waals surface area contributed by atoms with E-state index in [0.29, 0.717) is 12.2 Å². The molecule has 0 amide bonds. The van der Waals surface area contributed by atoms with Crippen LogP contribution in [0.15, 0.2) is 6.20 Å². The molecular weight excluding hydrogens is 204 g/mol. The summed E-state index contributed by atoms with van der Waals surface area (Å²) < 4.78 is 6.92. The van der Waals surface area contributed by atoms with Crippen LogP contribution < -0.4 is 0 Å². The van der Waals surface area contributed by atoms with Crippen LogP contribution in [0, 0.1) is 0 Å². The zero-order chi connectivity index (χ0) is 12.1. The second-order valence-electron chi connectivity index (χ2n) is 4.04. The second kappa shape index (κ2) is 5.68. The van der Waals surface area contributed by atoms with Crippen LogP contribution in [0.3, 0.4) is 0 Å². The van der Waals surface area contributed by atoms with E-state index in [0.717, 1.165) is 18.7 Å². The predicted octanol–water partition coefficient (Wildman–Crippen LogP) is 2.59. The molecule has 0 fully saturated rings. The summed E-state index contributed by atoms with van der Waals surface area (Å²) >= 11 is 0. The molecule has 1 aromatic heterocycles. The molecule has 0 aliphatic rings. The first kappa shape index (κ1) is 12.7. The topological polar surface area (TPSA) is 44.1 Å². The lowest BCUT2D eigenvalue weighted by Crippen LogP contribution is -2.11. The molecule has 90 valence electrons. The molecule has 0 radical (unpaired) electrons. The van der Waals surface area contributed by atoms with Gasteiger partial charge >= 0.3 is 5.97 Å². The number of aryl methyl sites for hydroxylation is 1. The van der Waals surface area contributed by atoms with Gasteiger partial charge in [-0.05, 0) is 19.3 Å². The molecule has 0 bridgehead atoms. The van der Waals surface area contributed by atoms with Crippen molar-refractivity contribution in [3.05, 3.63) is 17.5 Å². The summed E-state index contributed by atoms with van der Waals surface area (Å²) in [5.41, 5.74) is 1.57. The number of carbonyl (C=O) groups excluding carboxylic acids is 1. The SMILES string of the molecule is CCCn1ncc(C(=O)OCC)c1C(C)C. The number of rotatable bonds is 5. The molecular formula is C12H20N2O2. The highest BCUT2D eigenvalue weighted by Crippen LogP contribution is 2.20. The first-order chi connectivity index (χ1) is 7.61. The Morgan fingerprint density at radius 2 is 2.19 bits per heavy atom. The van der Waals surface area contributed by atoms with E-state index in [4.69, 9.17) is 4.74 Å². The Labute approximate surface area is 96.6 Å². The van der Waals surface area contributed by atoms with Gasteiger partial charge in [0.05, 0.1) is 18.5 Å². The molecule has 0 aliphatic heterocycles. The Kier molecular flexibility index (Phi) is 4.52. The number of aromatic nitrogens is 2. The Morgan fingerprint density at radius 3 is 2.69 bits per heavy atom. The van der Waals surface area contributed by atoms with Gasteiger partial charge in [0.25, 0.3) is 0 Å². The third-order valence-corrected chi connectivity index (χ3v) is 2.36. The molecule has 0 aromatic carbocycles. The summed E-state index contributed by atoms with van der Waals surface area (Å²) in [6.45, 7) is 9.26. The molecule has 16 heavy (non-hydrogen) atoms. The van der Waals surface area contributed by atoms with Gasteiger partial charge in [-0.25, -0.2) is 4.79 Å². The monoisotopic (exact) mass is 224 g/mol. The van der Waals surface area contributed by atoms with E-state index in [1.165, 1.54) is 0 Å². The molecule has 0 N–H and O–H groups in total. The minimum Gasteiger partial charge on any atom is -0.462 e. The first-order valence-electron chi connectivity index (χ1n) is 5.84. The number of esters is 1. The van der Waals surface area contributed by atoms with Gasteiger partial charge in [0.1, 0.15) is 5.56 Å². The smallest absolute Gasteiger partial charge is 0.341 e. The third-order valence-electron chi connectivity index (χ3n) is 2.36. The van der Waals surface area contributed by atoms with E-state index in [9.17, 15) is 4.79 Å². The summed E-state index contributed by atoms with van der Waals surface area (Å²) in [5.74, 6) is 0.00186. The van der Waals surface area contributed by atoms with Crippen LogP contribution in [0.1, 0.15) is 56.1 Å². The normalized spacial score (nSPS) is 10.8. The minimum atomic E-state index is -0.270. The van der Waals surface area contributed by atoms with Crippen molar-refractivity contribution >= 4 is 5.97 Å². The van der Waals surface area contributed by atoms with Crippen LogP contribution in [-0.4, -0.2) is 22.4 Å². The van der Waals surface area contributed by atoms with Crippen LogP contribution in [0.5, 0.6) is 0 Å². The van der Waals surface area contributed by atoms with Gasteiger partial charge in [-0.1, -0.05) is 20.8 Å². The fraction of sp³-hybridized carbons (Fsp3) is 0.667. The van der Waals surface area contributed by atoms with E-state index in [-0.39, 0.29) is 11.9 Å². The first-order valence-corrected chi connectivity index (χ1v) is 5.84. The van der Waals surface area contributed by atoms with Crippen molar-refractivity contribution in [3.63, 3.8) is 0 Å². The molecule has 0 spiro atoms. The van der Waals surface area contributed by atoms with Crippen LogP contribution >= 0.6 is 0 Å². The fourth-order valence-corrected chi connectivity index (χ4v) is 1.76. The second-order valence-corrected chi connectivity index (χ2v) is 4.04. The maximum absolute atomic E-state index is 11.7. The van der Waals surface area contributed by atoms with Crippen LogP contribution in [0.2, 0.25) is 0 Å². The van der Waals surface area contributed by atoms with Gasteiger partial charge in [0, 0.05) is 6.54 Å². The van der Waals surface area contributed by atoms with Crippen molar-refractivity contribution in [1.82, 2.24) is 9.78 Å². The zero-order valence-electron chi connectivity index (χ0n) is 10.5. The largest absolute Gasteiger partial charge is 0.462 e. The molecule has 1 aromatic rings. The van der Waals surface area contributed by atoms with E-state index < -0.39 is 0 Å². The summed E-state index contributed by atoms with van der Waals surface area (Å²) in [6.07, 6.45) is 2.62. The minimum absolute atomic E-state index is 0.270. The number of ether oxygens (including phenoxy) is 1. The fourth-order valence-electron chi connectivity index (χ4n) is 1.76. The average Bonchev–Trinajstić information content (AvgIpc) is 2.62. The highest BCUT2D eigenvalue weighted by Gasteiger charge is 2.20. The van der Waals surface area contributed by atoms with Crippen molar-refractivity contribution in [2.24, 2.45) is 0 Å². The lowest BCUT2D eigenvalue weighted by molar-refractivity contribution is 0.0524. The zero-order valence-corrected chi connectivity index (χ0v) is 10.5. The average molecular weight is 224 g/mol. The lowest BCUT2D eigenvalue weighted by Gasteiger charge is -2.11. The summed E-state index contributed by atoms with van der Waals surface area (Å²) in [6, 6.07) is 0. The molecule has 1 heterocycles. The molecule has 0 atom stereocenters. The summed E-state index contributed by atoms with van der Waals surface area (Å²) in [4.78, 5) is 11.7. The maximum Gasteiger partial charge on any atom is 0.341 e. The molecule has 4 nitrogen and oxygen atoms in total. The van der Waals surface area contributed by atoms with E-state index in [2.05, 4.69) is 25.9 Å². The molecule has 0 saturated heterocycles. The van der Waals surface area contributed by atoms with Gasteiger partial charge in [0.15, 0.2) is 0 Å². The standard InChI is InChI=1S/C12H20N2O2/c1-5-7-14-11(9(3)4)10(8-13-14)12(15)16-6-2/h8-9H,5-7H2,1-4H3. The van der Waals surface area contributed by atoms with E-state index >= 15 is 0 Å². The van der Waals surface area contributed by atoms with Crippen molar-refractivity contribution in [2.45, 2.75) is 46.6 Å². The molecule has 1 rings (SSSR count). The summed E-state index contributed by atoms with van der Waals surface area (Å²) in [5, 5.41) is 4.25. The van der Waals surface area contributed by atoms with Crippen molar-refractivity contribution in [3.8, 4) is 0 Å². The Hall–Kier alpha value is -1.32. The van der Waals surface area contributed by atoms with Crippen molar-refractivity contribution < 1.29 is 9.53 Å². The Bertz CT molecular complexity index is 356. The van der Waals surface area contributed by atoms with Crippen LogP contribution in [-0.2, 0) is 11.3 Å². The highest BCUT2D eigenvalue weighted by molar-refractivity contribution is 5.90. The van der Waals surface area contributed by atoms with Gasteiger partial charge in [0.2, 0.25) is 0 Å². The predicted molar refractivity (Wildman–Crippen MR) is 62.6 cm³/mol. The van der Waals surface area contributed by atoms with Crippen molar-refractivity contribution in [2.75, 3.05) is 6.61 Å². The van der Waals surface area contributed by atoms with Crippen LogP contribution in [0.4, 0.5) is 0 Å². The quantitative estimate of drug-likeness (QED) is 0.722. The van der Waals surface area contributed by atoms with Gasteiger partial charge in [-0.15, -0.1) is 0 Å². The molecule has 0 aliphatic carbocycles. The van der Waals surface area contributed by atoms with Crippen molar-refractivity contribution in [1.29, 1.82) is 0 Å². The Balaban J connectivity index is 3.04. The van der Waals surface area contributed by atoms with Gasteiger partial charge in [-0.3, -0.25) is 4.68 Å². The number of carbonyl (C=O) groups is 1. The maximum atomic E-state index is 11.7. The van der Waals surface area contributed by atoms with Gasteiger partial charge < -0.3 is 4.74 Å². The lowest BCUT2D eigenvalue weighted by atomic mass is 10.1. The number of nitrogens with zero attached hydrogens (tertiary/aromatic N) is 2. The van der Waals surface area contributed by atoms with Crippen LogP contribution in [0.25, 0.3) is 0 Å². The van der Waals surface area contributed by atoms with E-state index in [1.807, 2.05) is 11.6 Å². The van der Waals surface area contributed by atoms with Gasteiger partial charge in [-0.2, -0.15) is 5.10 Å². The third kappa shape index (κ3) is 2.62. The molecule has 0 saturated carbocycles. The summed E-state index contributed by atoms with van der Waals surface area (Å²) in [7, 11) is 0. The highest BCUT2D eigenvalue weighted by atomic mass is 16.5. The molecule has 0 unspecified atom stereocenters.